The Morgan fingerprint density at radius 3 is 2.33 bits per heavy atom. The lowest BCUT2D eigenvalue weighted by atomic mass is 9.92. The van der Waals surface area contributed by atoms with Crippen molar-refractivity contribution < 1.29 is 14.6 Å². The van der Waals surface area contributed by atoms with Crippen LogP contribution in [-0.4, -0.2) is 24.9 Å². The molecular formula is C14H23NO3. The number of ether oxygens (including phenoxy) is 2. The fourth-order valence-electron chi connectivity index (χ4n) is 1.81. The van der Waals surface area contributed by atoms with Crippen molar-refractivity contribution in [2.75, 3.05) is 19.8 Å². The standard InChI is InChI=1S/C14H23NO3/c1-4-17-12-7-6-11(10-13(12)18-5-2)14(3,16)8-9-15/h6-7,10,16H,4-5,8-9,15H2,1-3H3. The van der Waals surface area contributed by atoms with Crippen molar-refractivity contribution in [2.24, 2.45) is 5.73 Å². The van der Waals surface area contributed by atoms with Crippen LogP contribution in [0.2, 0.25) is 0 Å². The Bertz CT molecular complexity index is 377. The molecule has 4 nitrogen and oxygen atoms in total. The van der Waals surface area contributed by atoms with E-state index >= 15 is 0 Å². The molecule has 0 amide bonds. The highest BCUT2D eigenvalue weighted by Gasteiger charge is 2.23. The van der Waals surface area contributed by atoms with Gasteiger partial charge in [-0.05, 0) is 51.4 Å². The Kier molecular flexibility index (Phi) is 5.44. The van der Waals surface area contributed by atoms with Gasteiger partial charge in [-0.1, -0.05) is 6.07 Å². The quantitative estimate of drug-likeness (QED) is 0.780. The molecule has 102 valence electrons. The molecule has 1 atom stereocenters. The van der Waals surface area contributed by atoms with Gasteiger partial charge in [-0.15, -0.1) is 0 Å². The van der Waals surface area contributed by atoms with E-state index in [4.69, 9.17) is 15.2 Å². The zero-order chi connectivity index (χ0) is 13.6. The van der Waals surface area contributed by atoms with Crippen LogP contribution < -0.4 is 15.2 Å². The van der Waals surface area contributed by atoms with Gasteiger partial charge in [0.05, 0.1) is 18.8 Å². The van der Waals surface area contributed by atoms with Crippen molar-refractivity contribution in [2.45, 2.75) is 32.8 Å². The molecule has 0 aliphatic heterocycles. The molecule has 0 fully saturated rings. The van der Waals surface area contributed by atoms with E-state index in [0.717, 1.165) is 5.56 Å². The number of hydrogen-bond acceptors (Lipinski definition) is 4. The molecule has 0 saturated carbocycles. The lowest BCUT2D eigenvalue weighted by Gasteiger charge is -2.24. The van der Waals surface area contributed by atoms with Crippen molar-refractivity contribution in [3.8, 4) is 11.5 Å². The Labute approximate surface area is 109 Å². The second kappa shape index (κ2) is 6.61. The van der Waals surface area contributed by atoms with Crippen LogP contribution in [0.25, 0.3) is 0 Å². The van der Waals surface area contributed by atoms with E-state index in [0.29, 0.717) is 37.7 Å². The monoisotopic (exact) mass is 253 g/mol. The average Bonchev–Trinajstić information content (AvgIpc) is 2.31. The first-order chi connectivity index (χ1) is 8.55. The summed E-state index contributed by atoms with van der Waals surface area (Å²) in [6.45, 7) is 7.17. The maximum atomic E-state index is 10.3. The van der Waals surface area contributed by atoms with Crippen molar-refractivity contribution in [3.63, 3.8) is 0 Å². The smallest absolute Gasteiger partial charge is 0.161 e. The molecule has 0 spiro atoms. The van der Waals surface area contributed by atoms with Gasteiger partial charge in [0, 0.05) is 0 Å². The molecule has 0 heterocycles. The molecule has 18 heavy (non-hydrogen) atoms. The van der Waals surface area contributed by atoms with Crippen molar-refractivity contribution in [1.82, 2.24) is 0 Å². The first-order valence-corrected chi connectivity index (χ1v) is 6.37. The average molecular weight is 253 g/mol. The van der Waals surface area contributed by atoms with Crippen molar-refractivity contribution in [3.05, 3.63) is 23.8 Å². The van der Waals surface area contributed by atoms with E-state index in [2.05, 4.69) is 0 Å². The first kappa shape index (κ1) is 14.8. The van der Waals surface area contributed by atoms with Crippen LogP contribution in [0.15, 0.2) is 18.2 Å². The van der Waals surface area contributed by atoms with Gasteiger partial charge in [0.1, 0.15) is 0 Å². The Morgan fingerprint density at radius 2 is 1.78 bits per heavy atom. The number of aliphatic hydroxyl groups is 1. The summed E-state index contributed by atoms with van der Waals surface area (Å²) in [7, 11) is 0. The highest BCUT2D eigenvalue weighted by atomic mass is 16.5. The number of benzene rings is 1. The fourth-order valence-corrected chi connectivity index (χ4v) is 1.81. The second-order valence-electron chi connectivity index (χ2n) is 4.34. The molecule has 0 aliphatic rings. The van der Waals surface area contributed by atoms with Crippen LogP contribution in [0.1, 0.15) is 32.8 Å². The largest absolute Gasteiger partial charge is 0.490 e. The zero-order valence-corrected chi connectivity index (χ0v) is 11.4. The fraction of sp³-hybridized carbons (Fsp3) is 0.571. The molecule has 0 radical (unpaired) electrons. The van der Waals surface area contributed by atoms with E-state index in [1.165, 1.54) is 0 Å². The summed E-state index contributed by atoms with van der Waals surface area (Å²) in [4.78, 5) is 0. The molecule has 0 saturated heterocycles. The maximum Gasteiger partial charge on any atom is 0.161 e. The third kappa shape index (κ3) is 3.62. The maximum absolute atomic E-state index is 10.3. The summed E-state index contributed by atoms with van der Waals surface area (Å²) in [5.74, 6) is 1.36. The van der Waals surface area contributed by atoms with Crippen LogP contribution in [-0.2, 0) is 5.60 Å². The van der Waals surface area contributed by atoms with E-state index in [1.807, 2.05) is 32.0 Å². The van der Waals surface area contributed by atoms with Crippen LogP contribution in [0.3, 0.4) is 0 Å². The summed E-state index contributed by atoms with van der Waals surface area (Å²) in [6, 6.07) is 5.50. The first-order valence-electron chi connectivity index (χ1n) is 6.37. The SMILES string of the molecule is CCOc1ccc(C(C)(O)CCN)cc1OCC. The predicted octanol–water partition coefficient (Wildman–Crippen LogP) is 2.04. The molecule has 4 heteroatoms. The van der Waals surface area contributed by atoms with E-state index < -0.39 is 5.60 Å². The summed E-state index contributed by atoms with van der Waals surface area (Å²) >= 11 is 0. The second-order valence-corrected chi connectivity index (χ2v) is 4.34. The molecule has 3 N–H and O–H groups in total. The van der Waals surface area contributed by atoms with E-state index in [-0.39, 0.29) is 0 Å². The molecule has 1 aromatic rings. The minimum atomic E-state index is -0.939. The lowest BCUT2D eigenvalue weighted by Crippen LogP contribution is -2.25. The zero-order valence-electron chi connectivity index (χ0n) is 11.4. The van der Waals surface area contributed by atoms with E-state index in [1.54, 1.807) is 6.92 Å². The molecule has 0 aliphatic carbocycles. The summed E-state index contributed by atoms with van der Waals surface area (Å²) in [5, 5.41) is 10.3. The van der Waals surface area contributed by atoms with Crippen molar-refractivity contribution >= 4 is 0 Å². The van der Waals surface area contributed by atoms with Crippen LogP contribution >= 0.6 is 0 Å². The number of nitrogens with two attached hydrogens (primary N) is 1. The van der Waals surface area contributed by atoms with Gasteiger partial charge in [0.25, 0.3) is 0 Å². The van der Waals surface area contributed by atoms with Gasteiger partial charge in [-0.25, -0.2) is 0 Å². The minimum absolute atomic E-state index is 0.435. The minimum Gasteiger partial charge on any atom is -0.490 e. The summed E-state index contributed by atoms with van der Waals surface area (Å²) in [5.41, 5.74) is 5.36. The van der Waals surface area contributed by atoms with Gasteiger partial charge >= 0.3 is 0 Å². The highest BCUT2D eigenvalue weighted by molar-refractivity contribution is 5.44. The topological polar surface area (TPSA) is 64.7 Å². The van der Waals surface area contributed by atoms with Gasteiger partial charge in [0.2, 0.25) is 0 Å². The van der Waals surface area contributed by atoms with Crippen LogP contribution in [0.5, 0.6) is 11.5 Å². The van der Waals surface area contributed by atoms with Crippen LogP contribution in [0.4, 0.5) is 0 Å². The van der Waals surface area contributed by atoms with Gasteiger partial charge < -0.3 is 20.3 Å². The van der Waals surface area contributed by atoms with Gasteiger partial charge in [0.15, 0.2) is 11.5 Å². The lowest BCUT2D eigenvalue weighted by molar-refractivity contribution is 0.0500. The highest BCUT2D eigenvalue weighted by Crippen LogP contribution is 2.33. The molecule has 0 bridgehead atoms. The number of rotatable bonds is 7. The third-order valence-electron chi connectivity index (χ3n) is 2.80. The van der Waals surface area contributed by atoms with Crippen LogP contribution in [0, 0.1) is 0 Å². The van der Waals surface area contributed by atoms with Gasteiger partial charge in [-0.3, -0.25) is 0 Å². The number of hydrogen-bond donors (Lipinski definition) is 2. The summed E-state index contributed by atoms with van der Waals surface area (Å²) in [6.07, 6.45) is 0.506. The summed E-state index contributed by atoms with van der Waals surface area (Å²) < 4.78 is 11.0. The Balaban J connectivity index is 3.05. The van der Waals surface area contributed by atoms with Crippen molar-refractivity contribution in [1.29, 1.82) is 0 Å². The molecule has 1 aromatic carbocycles. The Morgan fingerprint density at radius 1 is 1.17 bits per heavy atom. The molecule has 0 aromatic heterocycles. The predicted molar refractivity (Wildman–Crippen MR) is 72.0 cm³/mol. The van der Waals surface area contributed by atoms with Gasteiger partial charge in [-0.2, -0.15) is 0 Å². The van der Waals surface area contributed by atoms with E-state index in [9.17, 15) is 5.11 Å². The molecule has 1 unspecified atom stereocenters. The molecule has 1 rings (SSSR count). The molecular weight excluding hydrogens is 230 g/mol. The third-order valence-corrected chi connectivity index (χ3v) is 2.80. The Hall–Kier alpha value is -1.26. The normalized spacial score (nSPS) is 14.1.